The van der Waals surface area contributed by atoms with Crippen LogP contribution in [0.1, 0.15) is 47.1 Å². The van der Waals surface area contributed by atoms with Gasteiger partial charge in [0.25, 0.3) is 11.8 Å². The van der Waals surface area contributed by atoms with Crippen molar-refractivity contribution in [2.45, 2.75) is 26.2 Å². The van der Waals surface area contributed by atoms with Crippen LogP contribution in [0.3, 0.4) is 0 Å². The summed E-state index contributed by atoms with van der Waals surface area (Å²) in [4.78, 5) is 28.5. The number of carbonyl (C=O) groups excluding carboxylic acids is 2. The fourth-order valence-electron chi connectivity index (χ4n) is 2.31. The quantitative estimate of drug-likeness (QED) is 0.781. The number of hydrogen-bond acceptors (Lipinski definition) is 4. The van der Waals surface area contributed by atoms with Crippen LogP contribution in [0.4, 0.5) is 5.69 Å². The lowest BCUT2D eigenvalue weighted by molar-refractivity contribution is 0.0936. The first kappa shape index (κ1) is 19.6. The van der Waals surface area contributed by atoms with Crippen molar-refractivity contribution in [1.82, 2.24) is 10.3 Å². The second kappa shape index (κ2) is 8.58. The Hall–Kier alpha value is -2.73. The second-order valence-electron chi connectivity index (χ2n) is 6.99. The second-order valence-corrected chi connectivity index (χ2v) is 6.99. The Labute approximate surface area is 154 Å². The summed E-state index contributed by atoms with van der Waals surface area (Å²) in [6.07, 6.45) is 2.86. The van der Waals surface area contributed by atoms with E-state index in [0.29, 0.717) is 30.0 Å². The molecule has 138 valence electrons. The monoisotopic (exact) mass is 355 g/mol. The first-order valence-corrected chi connectivity index (χ1v) is 8.45. The molecule has 2 aromatic rings. The molecule has 2 N–H and O–H groups in total. The van der Waals surface area contributed by atoms with Gasteiger partial charge in [-0.1, -0.05) is 32.9 Å². The molecule has 6 nitrogen and oxygen atoms in total. The van der Waals surface area contributed by atoms with Crippen LogP contribution >= 0.6 is 0 Å². The zero-order valence-corrected chi connectivity index (χ0v) is 15.6. The Morgan fingerprint density at radius 2 is 1.65 bits per heavy atom. The van der Waals surface area contributed by atoms with Crippen LogP contribution in [0, 0.1) is 0 Å². The van der Waals surface area contributed by atoms with Gasteiger partial charge < -0.3 is 15.4 Å². The molecule has 0 unspecified atom stereocenters. The molecular weight excluding hydrogens is 330 g/mol. The molecule has 0 aliphatic heterocycles. The van der Waals surface area contributed by atoms with E-state index >= 15 is 0 Å². The fourth-order valence-corrected chi connectivity index (χ4v) is 2.31. The summed E-state index contributed by atoms with van der Waals surface area (Å²) in [7, 11) is 1.56. The van der Waals surface area contributed by atoms with E-state index in [1.54, 1.807) is 7.11 Å². The number of amides is 2. The molecule has 1 aromatic heterocycles. The third kappa shape index (κ3) is 5.39. The van der Waals surface area contributed by atoms with E-state index in [-0.39, 0.29) is 17.2 Å². The molecule has 0 fully saturated rings. The van der Waals surface area contributed by atoms with Crippen molar-refractivity contribution >= 4 is 17.5 Å². The van der Waals surface area contributed by atoms with E-state index in [2.05, 4.69) is 36.4 Å². The Kier molecular flexibility index (Phi) is 6.46. The number of nitrogens with zero attached hydrogens (tertiary/aromatic N) is 1. The first-order valence-electron chi connectivity index (χ1n) is 8.45. The largest absolute Gasteiger partial charge is 0.383 e. The van der Waals surface area contributed by atoms with Crippen LogP contribution < -0.4 is 10.6 Å². The molecule has 0 saturated carbocycles. The molecule has 0 aliphatic rings. The summed E-state index contributed by atoms with van der Waals surface area (Å²) < 4.78 is 4.89. The summed E-state index contributed by atoms with van der Waals surface area (Å²) >= 11 is 0. The average Bonchev–Trinajstić information content (AvgIpc) is 2.61. The maximum atomic E-state index is 12.4. The van der Waals surface area contributed by atoms with Gasteiger partial charge in [0.2, 0.25) is 0 Å². The fraction of sp³-hybridized carbons (Fsp3) is 0.350. The van der Waals surface area contributed by atoms with Gasteiger partial charge in [-0.05, 0) is 29.2 Å². The van der Waals surface area contributed by atoms with Gasteiger partial charge in [0.15, 0.2) is 0 Å². The highest BCUT2D eigenvalue weighted by molar-refractivity contribution is 6.05. The number of ether oxygens (including phenoxy) is 1. The molecule has 0 saturated heterocycles. The van der Waals surface area contributed by atoms with Crippen molar-refractivity contribution in [3.8, 4) is 0 Å². The van der Waals surface area contributed by atoms with E-state index in [9.17, 15) is 9.59 Å². The average molecular weight is 355 g/mol. The Bertz CT molecular complexity index is 765. The minimum absolute atomic E-state index is 0.0525. The number of rotatable bonds is 6. The van der Waals surface area contributed by atoms with Gasteiger partial charge in [0.1, 0.15) is 0 Å². The predicted molar refractivity (Wildman–Crippen MR) is 102 cm³/mol. The molecule has 1 heterocycles. The third-order valence-electron chi connectivity index (χ3n) is 3.86. The molecule has 0 atom stereocenters. The van der Waals surface area contributed by atoms with Gasteiger partial charge in [-0.3, -0.25) is 14.6 Å². The SMILES string of the molecule is COCCNC(=O)c1cncc(C(=O)Nc2ccc(C(C)(C)C)cc2)c1. The van der Waals surface area contributed by atoms with Crippen LogP contribution in [0.2, 0.25) is 0 Å². The van der Waals surface area contributed by atoms with Gasteiger partial charge in [-0.25, -0.2) is 0 Å². The lowest BCUT2D eigenvalue weighted by atomic mass is 9.87. The van der Waals surface area contributed by atoms with E-state index in [1.165, 1.54) is 24.0 Å². The number of nitrogens with one attached hydrogen (secondary N) is 2. The van der Waals surface area contributed by atoms with Crippen LogP contribution in [0.5, 0.6) is 0 Å². The van der Waals surface area contributed by atoms with Crippen LogP contribution in [0.25, 0.3) is 0 Å². The van der Waals surface area contributed by atoms with Crippen molar-refractivity contribution < 1.29 is 14.3 Å². The van der Waals surface area contributed by atoms with Gasteiger partial charge in [-0.15, -0.1) is 0 Å². The van der Waals surface area contributed by atoms with Crippen molar-refractivity contribution in [3.63, 3.8) is 0 Å². The van der Waals surface area contributed by atoms with E-state index in [1.807, 2.05) is 24.3 Å². The zero-order valence-electron chi connectivity index (χ0n) is 15.6. The number of benzene rings is 1. The molecule has 1 aromatic carbocycles. The van der Waals surface area contributed by atoms with Crippen molar-refractivity contribution in [2.24, 2.45) is 0 Å². The summed E-state index contributed by atoms with van der Waals surface area (Å²) in [6, 6.07) is 9.25. The highest BCUT2D eigenvalue weighted by Crippen LogP contribution is 2.23. The number of pyridine rings is 1. The summed E-state index contributed by atoms with van der Waals surface area (Å²) in [5.41, 5.74) is 2.59. The molecule has 6 heteroatoms. The normalized spacial score (nSPS) is 11.1. The van der Waals surface area contributed by atoms with Crippen molar-refractivity contribution in [1.29, 1.82) is 0 Å². The van der Waals surface area contributed by atoms with Crippen LogP contribution in [-0.2, 0) is 10.2 Å². The molecule has 0 radical (unpaired) electrons. The lowest BCUT2D eigenvalue weighted by Crippen LogP contribution is -2.27. The number of carbonyl (C=O) groups is 2. The molecule has 2 rings (SSSR count). The number of anilines is 1. The van der Waals surface area contributed by atoms with Crippen molar-refractivity contribution in [3.05, 3.63) is 59.4 Å². The molecular formula is C20H25N3O3. The maximum absolute atomic E-state index is 12.4. The number of aromatic nitrogens is 1. The van der Waals surface area contributed by atoms with Crippen molar-refractivity contribution in [2.75, 3.05) is 25.6 Å². The summed E-state index contributed by atoms with van der Waals surface area (Å²) in [5.74, 6) is -0.605. The molecule has 26 heavy (non-hydrogen) atoms. The Balaban J connectivity index is 2.05. The molecule has 0 spiro atoms. The molecule has 0 bridgehead atoms. The number of hydrogen-bond donors (Lipinski definition) is 2. The maximum Gasteiger partial charge on any atom is 0.257 e. The summed E-state index contributed by atoms with van der Waals surface area (Å²) in [5, 5.41) is 5.53. The summed E-state index contributed by atoms with van der Waals surface area (Å²) in [6.45, 7) is 7.22. The standard InChI is InChI=1S/C20H25N3O3/c1-20(2,3)16-5-7-17(8-6-16)23-19(25)15-11-14(12-21-13-15)18(24)22-9-10-26-4/h5-8,11-13H,9-10H2,1-4H3,(H,22,24)(H,23,25). The number of methoxy groups -OCH3 is 1. The van der Waals surface area contributed by atoms with Gasteiger partial charge in [-0.2, -0.15) is 0 Å². The van der Waals surface area contributed by atoms with E-state index in [4.69, 9.17) is 4.74 Å². The Morgan fingerprint density at radius 3 is 2.23 bits per heavy atom. The minimum atomic E-state index is -0.312. The van der Waals surface area contributed by atoms with Gasteiger partial charge >= 0.3 is 0 Å². The van der Waals surface area contributed by atoms with E-state index in [0.717, 1.165) is 0 Å². The predicted octanol–water partition coefficient (Wildman–Crippen LogP) is 3.01. The zero-order chi connectivity index (χ0) is 19.2. The van der Waals surface area contributed by atoms with Gasteiger partial charge in [0, 0.05) is 31.7 Å². The minimum Gasteiger partial charge on any atom is -0.383 e. The lowest BCUT2D eigenvalue weighted by Gasteiger charge is -2.19. The molecule has 2 amide bonds. The van der Waals surface area contributed by atoms with E-state index < -0.39 is 0 Å². The van der Waals surface area contributed by atoms with Crippen LogP contribution in [0.15, 0.2) is 42.7 Å². The Morgan fingerprint density at radius 1 is 1.04 bits per heavy atom. The topological polar surface area (TPSA) is 80.3 Å². The molecule has 0 aliphatic carbocycles. The third-order valence-corrected chi connectivity index (χ3v) is 3.86. The highest BCUT2D eigenvalue weighted by atomic mass is 16.5. The smallest absolute Gasteiger partial charge is 0.257 e. The first-order chi connectivity index (χ1) is 12.3. The van der Waals surface area contributed by atoms with Crippen LogP contribution in [-0.4, -0.2) is 37.1 Å². The highest BCUT2D eigenvalue weighted by Gasteiger charge is 2.14. The van der Waals surface area contributed by atoms with Gasteiger partial charge in [0.05, 0.1) is 17.7 Å².